The van der Waals surface area contributed by atoms with E-state index in [1.807, 2.05) is 0 Å². The Morgan fingerprint density at radius 2 is 2.29 bits per heavy atom. The molecule has 0 aromatic heterocycles. The summed E-state index contributed by atoms with van der Waals surface area (Å²) in [7, 11) is 0. The summed E-state index contributed by atoms with van der Waals surface area (Å²) in [5, 5.41) is 14.1. The average Bonchev–Trinajstić information content (AvgIpc) is 2.20. The summed E-state index contributed by atoms with van der Waals surface area (Å²) >= 11 is 0. The Morgan fingerprint density at radius 1 is 1.57 bits per heavy atom. The quantitative estimate of drug-likeness (QED) is 0.381. The first kappa shape index (κ1) is 12.9. The summed E-state index contributed by atoms with van der Waals surface area (Å²) in [6, 6.07) is -0.234. The normalized spacial score (nSPS) is 11.8. The first-order valence-corrected chi connectivity index (χ1v) is 4.77. The number of amides is 1. The molecule has 0 saturated heterocycles. The number of hydrogen-bond acceptors (Lipinski definition) is 3. The van der Waals surface area contributed by atoms with Crippen LogP contribution in [0.5, 0.6) is 0 Å². The lowest BCUT2D eigenvalue weighted by Crippen LogP contribution is -2.42. The number of carbonyl (C=O) groups excluding carboxylic acids is 1. The first-order valence-electron chi connectivity index (χ1n) is 4.77. The second kappa shape index (κ2) is 8.54. The minimum absolute atomic E-state index is 0.0908. The van der Waals surface area contributed by atoms with E-state index in [0.29, 0.717) is 0 Å². The first-order chi connectivity index (χ1) is 6.72. The van der Waals surface area contributed by atoms with Gasteiger partial charge >= 0.3 is 0 Å². The van der Waals surface area contributed by atoms with Crippen LogP contribution in [0.25, 0.3) is 0 Å². The predicted octanol–water partition coefficient (Wildman–Crippen LogP) is -0.514. The molecule has 0 radical (unpaired) electrons. The lowest BCUT2D eigenvalue weighted by atomic mass is 10.2. The van der Waals surface area contributed by atoms with Crippen LogP contribution in [-0.2, 0) is 4.79 Å². The summed E-state index contributed by atoms with van der Waals surface area (Å²) in [5.74, 6) is 2.25. The number of unbranched alkanes of at least 4 members (excludes halogenated alkanes) is 1. The van der Waals surface area contributed by atoms with E-state index in [0.717, 1.165) is 19.4 Å². The number of nitrogens with one attached hydrogen (secondary N) is 2. The lowest BCUT2D eigenvalue weighted by Gasteiger charge is -2.12. The average molecular weight is 198 g/mol. The molecule has 1 unspecified atom stereocenters. The molecule has 0 aromatic rings. The van der Waals surface area contributed by atoms with Gasteiger partial charge in [0, 0.05) is 6.61 Å². The van der Waals surface area contributed by atoms with Crippen molar-refractivity contribution < 1.29 is 9.90 Å². The van der Waals surface area contributed by atoms with Crippen LogP contribution in [0.15, 0.2) is 0 Å². The van der Waals surface area contributed by atoms with Crippen LogP contribution in [0.1, 0.15) is 19.8 Å². The number of terminal acetylenes is 1. The van der Waals surface area contributed by atoms with Gasteiger partial charge in [-0.1, -0.05) is 5.92 Å². The monoisotopic (exact) mass is 198 g/mol. The molecule has 0 aromatic carbocycles. The smallest absolute Gasteiger partial charge is 0.237 e. The van der Waals surface area contributed by atoms with Gasteiger partial charge in [0.05, 0.1) is 12.6 Å². The minimum Gasteiger partial charge on any atom is -0.396 e. The maximum atomic E-state index is 11.2. The minimum atomic E-state index is -0.234. The van der Waals surface area contributed by atoms with Crippen molar-refractivity contribution in [1.29, 1.82) is 0 Å². The van der Waals surface area contributed by atoms with Gasteiger partial charge in [0.2, 0.25) is 5.91 Å². The maximum Gasteiger partial charge on any atom is 0.237 e. The van der Waals surface area contributed by atoms with Gasteiger partial charge in [0.25, 0.3) is 0 Å². The van der Waals surface area contributed by atoms with E-state index in [2.05, 4.69) is 16.6 Å². The van der Waals surface area contributed by atoms with Gasteiger partial charge in [0.15, 0.2) is 0 Å². The van der Waals surface area contributed by atoms with Crippen molar-refractivity contribution in [2.45, 2.75) is 25.8 Å². The molecule has 3 N–H and O–H groups in total. The predicted molar refractivity (Wildman–Crippen MR) is 55.6 cm³/mol. The zero-order valence-electron chi connectivity index (χ0n) is 8.55. The highest BCUT2D eigenvalue weighted by molar-refractivity contribution is 5.81. The molecule has 4 nitrogen and oxygen atoms in total. The van der Waals surface area contributed by atoms with E-state index < -0.39 is 0 Å². The second-order valence-corrected chi connectivity index (χ2v) is 3.03. The number of aliphatic hydroxyl groups excluding tert-OH is 1. The van der Waals surface area contributed by atoms with Crippen molar-refractivity contribution in [3.05, 3.63) is 0 Å². The number of rotatable bonds is 7. The third-order valence-corrected chi connectivity index (χ3v) is 1.79. The molecule has 0 aliphatic rings. The van der Waals surface area contributed by atoms with E-state index in [9.17, 15) is 4.79 Å². The molecule has 0 heterocycles. The standard InChI is InChI=1S/C10H18N2O2/c1-3-6-12-10(14)9(2)11-7-4-5-8-13/h1,9,11,13H,4-8H2,2H3,(H,12,14). The Labute approximate surface area is 85.1 Å². The van der Waals surface area contributed by atoms with Crippen LogP contribution in [0, 0.1) is 12.3 Å². The Morgan fingerprint density at radius 3 is 2.86 bits per heavy atom. The van der Waals surface area contributed by atoms with Crippen LogP contribution in [-0.4, -0.2) is 36.8 Å². The molecule has 1 amide bonds. The molecule has 0 saturated carbocycles. The largest absolute Gasteiger partial charge is 0.396 e. The van der Waals surface area contributed by atoms with Crippen molar-refractivity contribution in [3.63, 3.8) is 0 Å². The summed E-state index contributed by atoms with van der Waals surface area (Å²) in [6.45, 7) is 2.97. The van der Waals surface area contributed by atoms with E-state index in [-0.39, 0.29) is 25.1 Å². The fraction of sp³-hybridized carbons (Fsp3) is 0.700. The fourth-order valence-electron chi connectivity index (χ4n) is 0.939. The zero-order valence-corrected chi connectivity index (χ0v) is 8.55. The fourth-order valence-corrected chi connectivity index (χ4v) is 0.939. The van der Waals surface area contributed by atoms with Crippen molar-refractivity contribution in [2.24, 2.45) is 0 Å². The summed E-state index contributed by atoms with van der Waals surface area (Å²) in [4.78, 5) is 11.2. The number of aliphatic hydroxyl groups is 1. The highest BCUT2D eigenvalue weighted by Gasteiger charge is 2.09. The molecule has 0 spiro atoms. The van der Waals surface area contributed by atoms with Gasteiger partial charge in [-0.2, -0.15) is 0 Å². The van der Waals surface area contributed by atoms with Gasteiger partial charge in [-0.3, -0.25) is 4.79 Å². The molecule has 1 atom stereocenters. The zero-order chi connectivity index (χ0) is 10.8. The van der Waals surface area contributed by atoms with E-state index in [1.165, 1.54) is 0 Å². The van der Waals surface area contributed by atoms with Gasteiger partial charge in [-0.25, -0.2) is 0 Å². The molecular weight excluding hydrogens is 180 g/mol. The van der Waals surface area contributed by atoms with Crippen LogP contribution >= 0.6 is 0 Å². The van der Waals surface area contributed by atoms with Crippen LogP contribution in [0.2, 0.25) is 0 Å². The summed E-state index contributed by atoms with van der Waals surface area (Å²) < 4.78 is 0. The van der Waals surface area contributed by atoms with Gasteiger partial charge < -0.3 is 15.7 Å². The SMILES string of the molecule is C#CCNC(=O)C(C)NCCCCO. The third-order valence-electron chi connectivity index (χ3n) is 1.79. The molecule has 0 rings (SSSR count). The topological polar surface area (TPSA) is 61.4 Å². The summed E-state index contributed by atoms with van der Waals surface area (Å²) in [5.41, 5.74) is 0. The number of hydrogen-bond donors (Lipinski definition) is 3. The van der Waals surface area contributed by atoms with Crippen LogP contribution in [0.3, 0.4) is 0 Å². The van der Waals surface area contributed by atoms with Crippen LogP contribution < -0.4 is 10.6 Å². The lowest BCUT2D eigenvalue weighted by molar-refractivity contribution is -0.122. The molecule has 80 valence electrons. The van der Waals surface area contributed by atoms with E-state index in [4.69, 9.17) is 11.5 Å². The number of carbonyl (C=O) groups is 1. The highest BCUT2D eigenvalue weighted by atomic mass is 16.2. The van der Waals surface area contributed by atoms with Crippen molar-refractivity contribution in [3.8, 4) is 12.3 Å². The molecule has 14 heavy (non-hydrogen) atoms. The molecule has 4 heteroatoms. The van der Waals surface area contributed by atoms with Crippen molar-refractivity contribution >= 4 is 5.91 Å². The Balaban J connectivity index is 3.47. The second-order valence-electron chi connectivity index (χ2n) is 3.03. The Bertz CT molecular complexity index is 199. The van der Waals surface area contributed by atoms with Gasteiger partial charge in [-0.15, -0.1) is 6.42 Å². The van der Waals surface area contributed by atoms with E-state index in [1.54, 1.807) is 6.92 Å². The molecule has 0 aliphatic carbocycles. The van der Waals surface area contributed by atoms with E-state index >= 15 is 0 Å². The third kappa shape index (κ3) is 6.46. The van der Waals surface area contributed by atoms with Gasteiger partial charge in [-0.05, 0) is 26.3 Å². The Hall–Kier alpha value is -1.05. The Kier molecular flexibility index (Phi) is 7.90. The van der Waals surface area contributed by atoms with Crippen LogP contribution in [0.4, 0.5) is 0 Å². The van der Waals surface area contributed by atoms with Gasteiger partial charge in [0.1, 0.15) is 0 Å². The van der Waals surface area contributed by atoms with Crippen molar-refractivity contribution in [2.75, 3.05) is 19.7 Å². The van der Waals surface area contributed by atoms with Crippen molar-refractivity contribution in [1.82, 2.24) is 10.6 Å². The molecule has 0 bridgehead atoms. The summed E-state index contributed by atoms with van der Waals surface area (Å²) in [6.07, 6.45) is 6.62. The highest BCUT2D eigenvalue weighted by Crippen LogP contribution is 1.87. The molecular formula is C10H18N2O2. The molecule has 0 fully saturated rings. The molecule has 0 aliphatic heterocycles. The maximum absolute atomic E-state index is 11.2.